The van der Waals surface area contributed by atoms with Crippen LogP contribution in [-0.2, 0) is 16.1 Å². The minimum Gasteiger partial charge on any atom is -0.381 e. The van der Waals surface area contributed by atoms with Gasteiger partial charge in [0.1, 0.15) is 0 Å². The molecule has 1 heterocycles. The van der Waals surface area contributed by atoms with Gasteiger partial charge < -0.3 is 15.8 Å². The fourth-order valence-corrected chi connectivity index (χ4v) is 2.07. The molecule has 1 aromatic carbocycles. The summed E-state index contributed by atoms with van der Waals surface area (Å²) in [5.74, 6) is -0.154. The van der Waals surface area contributed by atoms with Crippen molar-refractivity contribution in [2.45, 2.75) is 24.9 Å². The lowest BCUT2D eigenvalue weighted by molar-refractivity contribution is -0.129. The molecule has 1 aliphatic rings. The Morgan fingerprint density at radius 2 is 2.21 bits per heavy atom. The summed E-state index contributed by atoms with van der Waals surface area (Å²) in [6.45, 7) is 1.43. The summed E-state index contributed by atoms with van der Waals surface area (Å²) >= 11 is 0. The van der Waals surface area contributed by atoms with E-state index in [1.54, 1.807) is 18.2 Å². The Labute approximate surface area is 112 Å². The van der Waals surface area contributed by atoms with Crippen molar-refractivity contribution in [2.24, 2.45) is 5.73 Å². The number of hydrogen-bond donors (Lipinski definition) is 2. The number of benzene rings is 1. The molecule has 0 aromatic heterocycles. The van der Waals surface area contributed by atoms with Crippen LogP contribution in [0.15, 0.2) is 24.3 Å². The number of nitrogens with zero attached hydrogens (tertiary/aromatic N) is 1. The molecule has 0 spiro atoms. The van der Waals surface area contributed by atoms with Crippen molar-refractivity contribution in [3.05, 3.63) is 35.4 Å². The van der Waals surface area contributed by atoms with Gasteiger partial charge in [-0.1, -0.05) is 12.1 Å². The Kier molecular flexibility index (Phi) is 4.15. The van der Waals surface area contributed by atoms with Crippen LogP contribution < -0.4 is 11.1 Å². The van der Waals surface area contributed by atoms with Crippen molar-refractivity contribution >= 4 is 5.91 Å². The number of nitrogens with one attached hydrogen (secondary N) is 1. The predicted octanol–water partition coefficient (Wildman–Crippen LogP) is 0.682. The van der Waals surface area contributed by atoms with Crippen molar-refractivity contribution in [3.8, 4) is 6.07 Å². The van der Waals surface area contributed by atoms with Crippen LogP contribution in [0.4, 0.5) is 0 Å². The Balaban J connectivity index is 1.94. The molecule has 5 nitrogen and oxygen atoms in total. The zero-order valence-electron chi connectivity index (χ0n) is 10.7. The second kappa shape index (κ2) is 5.83. The van der Waals surface area contributed by atoms with E-state index in [2.05, 4.69) is 11.4 Å². The normalized spacial score (nSPS) is 17.5. The predicted molar refractivity (Wildman–Crippen MR) is 70.0 cm³/mol. The molecule has 1 fully saturated rings. The van der Waals surface area contributed by atoms with Gasteiger partial charge in [-0.25, -0.2) is 0 Å². The number of amides is 1. The van der Waals surface area contributed by atoms with Gasteiger partial charge in [0.25, 0.3) is 0 Å². The van der Waals surface area contributed by atoms with E-state index in [0.29, 0.717) is 38.2 Å². The number of ether oxygens (including phenoxy) is 1. The molecule has 0 saturated carbocycles. The second-order valence-corrected chi connectivity index (χ2v) is 4.76. The number of hydrogen-bond acceptors (Lipinski definition) is 4. The molecule has 100 valence electrons. The molecule has 1 aliphatic heterocycles. The lowest BCUT2D eigenvalue weighted by Gasteiger charge is -2.31. The summed E-state index contributed by atoms with van der Waals surface area (Å²) in [6, 6.07) is 9.23. The van der Waals surface area contributed by atoms with Gasteiger partial charge in [-0.15, -0.1) is 0 Å². The fraction of sp³-hybridized carbons (Fsp3) is 0.429. The molecule has 0 unspecified atom stereocenters. The first-order valence-corrected chi connectivity index (χ1v) is 6.28. The van der Waals surface area contributed by atoms with Crippen LogP contribution in [0.2, 0.25) is 0 Å². The SMILES string of the molecule is N#Cc1cccc(CNC(=O)C2(N)CCOCC2)c1. The van der Waals surface area contributed by atoms with Crippen LogP contribution in [0.3, 0.4) is 0 Å². The first-order valence-electron chi connectivity index (χ1n) is 6.28. The summed E-state index contributed by atoms with van der Waals surface area (Å²) in [6.07, 6.45) is 1.08. The maximum Gasteiger partial charge on any atom is 0.240 e. The van der Waals surface area contributed by atoms with E-state index in [-0.39, 0.29) is 5.91 Å². The minimum atomic E-state index is -0.828. The highest BCUT2D eigenvalue weighted by Crippen LogP contribution is 2.17. The third-order valence-electron chi connectivity index (χ3n) is 3.35. The Bertz CT molecular complexity index is 502. The van der Waals surface area contributed by atoms with Gasteiger partial charge in [-0.3, -0.25) is 4.79 Å². The quantitative estimate of drug-likeness (QED) is 0.835. The van der Waals surface area contributed by atoms with Crippen LogP contribution in [0.1, 0.15) is 24.0 Å². The van der Waals surface area contributed by atoms with E-state index in [1.807, 2.05) is 6.07 Å². The first kappa shape index (κ1) is 13.5. The molecule has 3 N–H and O–H groups in total. The Morgan fingerprint density at radius 3 is 2.89 bits per heavy atom. The second-order valence-electron chi connectivity index (χ2n) is 4.76. The molecule has 5 heteroatoms. The highest BCUT2D eigenvalue weighted by atomic mass is 16.5. The average molecular weight is 259 g/mol. The lowest BCUT2D eigenvalue weighted by Crippen LogP contribution is -2.56. The zero-order chi connectivity index (χ0) is 13.7. The van der Waals surface area contributed by atoms with Crippen LogP contribution in [-0.4, -0.2) is 24.7 Å². The van der Waals surface area contributed by atoms with E-state index in [9.17, 15) is 4.79 Å². The third-order valence-corrected chi connectivity index (χ3v) is 3.35. The van der Waals surface area contributed by atoms with Crippen molar-refractivity contribution in [1.82, 2.24) is 5.32 Å². The fourth-order valence-electron chi connectivity index (χ4n) is 2.07. The maximum atomic E-state index is 12.1. The number of rotatable bonds is 3. The van der Waals surface area contributed by atoms with Gasteiger partial charge >= 0.3 is 0 Å². The van der Waals surface area contributed by atoms with Crippen LogP contribution in [0, 0.1) is 11.3 Å². The molecular weight excluding hydrogens is 242 g/mol. The number of nitrogens with two attached hydrogens (primary N) is 1. The molecule has 0 radical (unpaired) electrons. The topological polar surface area (TPSA) is 88.1 Å². The molecule has 1 aromatic rings. The monoisotopic (exact) mass is 259 g/mol. The summed E-state index contributed by atoms with van der Waals surface area (Å²) in [5, 5.41) is 11.6. The van der Waals surface area contributed by atoms with Gasteiger partial charge in [-0.2, -0.15) is 5.26 Å². The Hall–Kier alpha value is -1.90. The van der Waals surface area contributed by atoms with Gasteiger partial charge in [0, 0.05) is 19.8 Å². The average Bonchev–Trinajstić information content (AvgIpc) is 2.45. The van der Waals surface area contributed by atoms with Crippen LogP contribution in [0.5, 0.6) is 0 Å². The molecule has 1 saturated heterocycles. The van der Waals surface area contributed by atoms with Crippen molar-refractivity contribution < 1.29 is 9.53 Å². The van der Waals surface area contributed by atoms with E-state index in [1.165, 1.54) is 0 Å². The highest BCUT2D eigenvalue weighted by Gasteiger charge is 2.35. The van der Waals surface area contributed by atoms with Crippen molar-refractivity contribution in [2.75, 3.05) is 13.2 Å². The van der Waals surface area contributed by atoms with E-state index >= 15 is 0 Å². The molecule has 0 atom stereocenters. The standard InChI is InChI=1S/C14H17N3O2/c15-9-11-2-1-3-12(8-11)10-17-13(18)14(16)4-6-19-7-5-14/h1-3,8H,4-7,10,16H2,(H,17,18). The molecule has 0 aliphatic carbocycles. The maximum absolute atomic E-state index is 12.1. The van der Waals surface area contributed by atoms with Gasteiger partial charge in [0.2, 0.25) is 5.91 Å². The Morgan fingerprint density at radius 1 is 1.47 bits per heavy atom. The van der Waals surface area contributed by atoms with E-state index in [4.69, 9.17) is 15.7 Å². The lowest BCUT2D eigenvalue weighted by atomic mass is 9.90. The number of carbonyl (C=O) groups excluding carboxylic acids is 1. The number of nitriles is 1. The highest BCUT2D eigenvalue weighted by molar-refractivity contribution is 5.86. The van der Waals surface area contributed by atoms with Crippen LogP contribution >= 0.6 is 0 Å². The largest absolute Gasteiger partial charge is 0.381 e. The van der Waals surface area contributed by atoms with Gasteiger partial charge in [-0.05, 0) is 30.5 Å². The molecule has 1 amide bonds. The van der Waals surface area contributed by atoms with Gasteiger partial charge in [0.05, 0.1) is 17.2 Å². The van der Waals surface area contributed by atoms with Crippen molar-refractivity contribution in [3.63, 3.8) is 0 Å². The summed E-state index contributed by atoms with van der Waals surface area (Å²) in [4.78, 5) is 12.1. The molecule has 0 bridgehead atoms. The summed E-state index contributed by atoms with van der Waals surface area (Å²) < 4.78 is 5.21. The zero-order valence-corrected chi connectivity index (χ0v) is 10.7. The minimum absolute atomic E-state index is 0.154. The molecular formula is C14H17N3O2. The van der Waals surface area contributed by atoms with Gasteiger partial charge in [0.15, 0.2) is 0 Å². The third kappa shape index (κ3) is 3.31. The smallest absolute Gasteiger partial charge is 0.240 e. The van der Waals surface area contributed by atoms with E-state index in [0.717, 1.165) is 5.56 Å². The van der Waals surface area contributed by atoms with Crippen LogP contribution in [0.25, 0.3) is 0 Å². The first-order chi connectivity index (χ1) is 9.14. The molecule has 2 rings (SSSR count). The van der Waals surface area contributed by atoms with Crippen molar-refractivity contribution in [1.29, 1.82) is 5.26 Å². The molecule has 19 heavy (non-hydrogen) atoms. The summed E-state index contributed by atoms with van der Waals surface area (Å²) in [5.41, 5.74) is 6.73. The number of carbonyl (C=O) groups is 1. The van der Waals surface area contributed by atoms with E-state index < -0.39 is 5.54 Å². The summed E-state index contributed by atoms with van der Waals surface area (Å²) in [7, 11) is 0.